The largest absolute Gasteiger partial charge is 0.444 e. The summed E-state index contributed by atoms with van der Waals surface area (Å²) >= 11 is 0. The lowest BCUT2D eigenvalue weighted by molar-refractivity contribution is -0.115. The second-order valence-electron chi connectivity index (χ2n) is 6.70. The Morgan fingerprint density at radius 1 is 1.08 bits per heavy atom. The van der Waals surface area contributed by atoms with Gasteiger partial charge in [-0.15, -0.1) is 0 Å². The first-order valence-corrected chi connectivity index (χ1v) is 7.88. The third kappa shape index (κ3) is 9.14. The fraction of sp³-hybridized carbons (Fsp3) is 0.389. The summed E-state index contributed by atoms with van der Waals surface area (Å²) in [6.45, 7) is 8.65. The molecule has 0 aliphatic carbocycles. The molecule has 0 bridgehead atoms. The topological polar surface area (TPSA) is 96.5 Å². The summed E-state index contributed by atoms with van der Waals surface area (Å²) in [5.74, 6) is -0.645. The molecule has 0 saturated heterocycles. The number of amides is 3. The molecule has 1 rings (SSSR count). The summed E-state index contributed by atoms with van der Waals surface area (Å²) < 4.78 is 5.05. The van der Waals surface area contributed by atoms with E-state index in [9.17, 15) is 14.4 Å². The highest BCUT2D eigenvalue weighted by Crippen LogP contribution is 2.15. The summed E-state index contributed by atoms with van der Waals surface area (Å²) in [6.07, 6.45) is 0.820. The van der Waals surface area contributed by atoms with Crippen molar-refractivity contribution in [3.63, 3.8) is 0 Å². The minimum Gasteiger partial charge on any atom is -0.444 e. The van der Waals surface area contributed by atoms with Crippen molar-refractivity contribution in [2.24, 2.45) is 0 Å². The van der Waals surface area contributed by atoms with Gasteiger partial charge in [-0.25, -0.2) is 4.79 Å². The zero-order valence-electron chi connectivity index (χ0n) is 15.2. The summed E-state index contributed by atoms with van der Waals surface area (Å²) in [6, 6.07) is 6.73. The molecule has 0 unspecified atom stereocenters. The van der Waals surface area contributed by atoms with Crippen molar-refractivity contribution in [2.45, 2.75) is 40.2 Å². The molecule has 0 aliphatic rings. The van der Waals surface area contributed by atoms with Crippen LogP contribution in [0.1, 0.15) is 34.6 Å². The molecule has 0 heterocycles. The van der Waals surface area contributed by atoms with E-state index in [1.165, 1.54) is 6.08 Å². The number of carbonyl (C=O) groups is 3. The summed E-state index contributed by atoms with van der Waals surface area (Å²) in [5.41, 5.74) is 1.32. The molecular weight excluding hydrogens is 322 g/mol. The van der Waals surface area contributed by atoms with E-state index in [-0.39, 0.29) is 12.5 Å². The fourth-order valence-electron chi connectivity index (χ4n) is 1.79. The zero-order valence-corrected chi connectivity index (χ0v) is 15.2. The van der Waals surface area contributed by atoms with Crippen LogP contribution in [0.5, 0.6) is 0 Å². The van der Waals surface area contributed by atoms with Crippen LogP contribution in [0.4, 0.5) is 16.2 Å². The summed E-state index contributed by atoms with van der Waals surface area (Å²) in [4.78, 5) is 35.1. The maximum Gasteiger partial charge on any atom is 0.408 e. The van der Waals surface area contributed by atoms with Crippen molar-refractivity contribution in [1.82, 2.24) is 5.32 Å². The molecule has 0 fully saturated rings. The predicted molar refractivity (Wildman–Crippen MR) is 97.4 cm³/mol. The highest BCUT2D eigenvalue weighted by atomic mass is 16.6. The van der Waals surface area contributed by atoms with Gasteiger partial charge in [0.25, 0.3) is 0 Å². The van der Waals surface area contributed by atoms with Gasteiger partial charge in [0.15, 0.2) is 0 Å². The van der Waals surface area contributed by atoms with Gasteiger partial charge in [-0.3, -0.25) is 9.59 Å². The van der Waals surface area contributed by atoms with Crippen LogP contribution in [0.15, 0.2) is 35.9 Å². The van der Waals surface area contributed by atoms with Crippen molar-refractivity contribution < 1.29 is 19.1 Å². The van der Waals surface area contributed by atoms with Crippen molar-refractivity contribution in [2.75, 3.05) is 17.2 Å². The highest BCUT2D eigenvalue weighted by Gasteiger charge is 2.16. The Bertz CT molecular complexity index is 671. The number of hydrogen-bond acceptors (Lipinski definition) is 4. The minimum absolute atomic E-state index is 0.219. The van der Waals surface area contributed by atoms with E-state index in [0.717, 1.165) is 5.57 Å². The van der Waals surface area contributed by atoms with Crippen molar-refractivity contribution in [3.8, 4) is 0 Å². The van der Waals surface area contributed by atoms with Crippen LogP contribution in [0.25, 0.3) is 0 Å². The number of ether oxygens (including phenoxy) is 1. The first-order chi connectivity index (χ1) is 11.5. The third-order valence-corrected chi connectivity index (χ3v) is 2.63. The van der Waals surface area contributed by atoms with Gasteiger partial charge in [-0.05, 0) is 52.8 Å². The van der Waals surface area contributed by atoms with E-state index in [0.29, 0.717) is 11.4 Å². The molecule has 136 valence electrons. The third-order valence-electron chi connectivity index (χ3n) is 2.63. The van der Waals surface area contributed by atoms with Crippen LogP contribution in [0.2, 0.25) is 0 Å². The Kier molecular flexibility index (Phi) is 7.17. The zero-order chi connectivity index (χ0) is 19.0. The van der Waals surface area contributed by atoms with Crippen LogP contribution in [0.3, 0.4) is 0 Å². The van der Waals surface area contributed by atoms with Crippen LogP contribution in [-0.2, 0) is 14.3 Å². The smallest absolute Gasteiger partial charge is 0.408 e. The normalized spacial score (nSPS) is 10.4. The van der Waals surface area contributed by atoms with Crippen LogP contribution >= 0.6 is 0 Å². The first kappa shape index (κ1) is 20.2. The number of anilines is 2. The Hall–Kier alpha value is -2.83. The van der Waals surface area contributed by atoms with E-state index in [1.54, 1.807) is 45.0 Å². The Morgan fingerprint density at radius 2 is 1.68 bits per heavy atom. The van der Waals surface area contributed by atoms with E-state index < -0.39 is 17.6 Å². The van der Waals surface area contributed by atoms with Gasteiger partial charge in [0.05, 0.1) is 0 Å². The number of carbonyl (C=O) groups excluding carboxylic acids is 3. The predicted octanol–water partition coefficient (Wildman–Crippen LogP) is 3.05. The lowest BCUT2D eigenvalue weighted by Crippen LogP contribution is -2.37. The summed E-state index contributed by atoms with van der Waals surface area (Å²) in [5, 5.41) is 7.72. The Balaban J connectivity index is 2.55. The molecule has 7 nitrogen and oxygen atoms in total. The number of benzene rings is 1. The van der Waals surface area contributed by atoms with Gasteiger partial charge in [-0.2, -0.15) is 0 Å². The molecule has 25 heavy (non-hydrogen) atoms. The quantitative estimate of drug-likeness (QED) is 0.713. The van der Waals surface area contributed by atoms with Crippen molar-refractivity contribution >= 4 is 29.3 Å². The minimum atomic E-state index is -0.662. The average molecular weight is 347 g/mol. The number of allylic oxidation sites excluding steroid dienone is 1. The fourth-order valence-corrected chi connectivity index (χ4v) is 1.79. The lowest BCUT2D eigenvalue weighted by Gasteiger charge is -2.19. The second-order valence-corrected chi connectivity index (χ2v) is 6.70. The molecule has 3 amide bonds. The van der Waals surface area contributed by atoms with E-state index >= 15 is 0 Å². The molecule has 0 radical (unpaired) electrons. The Morgan fingerprint density at radius 3 is 2.24 bits per heavy atom. The molecule has 1 aromatic carbocycles. The van der Waals surface area contributed by atoms with Gasteiger partial charge in [0, 0.05) is 17.5 Å². The van der Waals surface area contributed by atoms with E-state index in [1.807, 2.05) is 13.8 Å². The molecule has 0 aromatic heterocycles. The van der Waals surface area contributed by atoms with Crippen molar-refractivity contribution in [3.05, 3.63) is 35.9 Å². The SMILES string of the molecule is CC(C)=CC(=O)Nc1cccc(NC(=O)CNC(=O)OC(C)(C)C)c1. The van der Waals surface area contributed by atoms with Gasteiger partial charge >= 0.3 is 6.09 Å². The molecule has 1 aromatic rings. The molecule has 3 N–H and O–H groups in total. The Labute approximate surface area is 147 Å². The highest BCUT2D eigenvalue weighted by molar-refractivity contribution is 6.00. The molecule has 0 spiro atoms. The van der Waals surface area contributed by atoms with Crippen LogP contribution in [-0.4, -0.2) is 30.1 Å². The molecule has 0 atom stereocenters. The number of alkyl carbamates (subject to hydrolysis) is 1. The standard InChI is InChI=1S/C18H25N3O4/c1-12(2)9-15(22)20-13-7-6-8-14(10-13)21-16(23)11-19-17(24)25-18(3,4)5/h6-10H,11H2,1-5H3,(H,19,24)(H,20,22)(H,21,23). The lowest BCUT2D eigenvalue weighted by atomic mass is 10.2. The number of rotatable bonds is 5. The van der Waals surface area contributed by atoms with Crippen LogP contribution in [0, 0.1) is 0 Å². The number of nitrogens with one attached hydrogen (secondary N) is 3. The monoisotopic (exact) mass is 347 g/mol. The van der Waals surface area contributed by atoms with Crippen molar-refractivity contribution in [1.29, 1.82) is 0 Å². The summed E-state index contributed by atoms with van der Waals surface area (Å²) in [7, 11) is 0. The maximum absolute atomic E-state index is 11.9. The first-order valence-electron chi connectivity index (χ1n) is 7.88. The molecule has 0 aliphatic heterocycles. The maximum atomic E-state index is 11.9. The van der Waals surface area contributed by atoms with Gasteiger partial charge in [-0.1, -0.05) is 11.6 Å². The second kappa shape index (κ2) is 8.86. The van der Waals surface area contributed by atoms with Crippen LogP contribution < -0.4 is 16.0 Å². The number of hydrogen-bond donors (Lipinski definition) is 3. The van der Waals surface area contributed by atoms with Gasteiger partial charge < -0.3 is 20.7 Å². The molecule has 0 saturated carbocycles. The average Bonchev–Trinajstić information content (AvgIpc) is 2.42. The molecule has 7 heteroatoms. The molecular formula is C18H25N3O4. The van der Waals surface area contributed by atoms with E-state index in [2.05, 4.69) is 16.0 Å². The van der Waals surface area contributed by atoms with Gasteiger partial charge in [0.1, 0.15) is 12.1 Å². The van der Waals surface area contributed by atoms with E-state index in [4.69, 9.17) is 4.74 Å². The van der Waals surface area contributed by atoms with Gasteiger partial charge in [0.2, 0.25) is 11.8 Å².